The highest BCUT2D eigenvalue weighted by molar-refractivity contribution is 4.93. The Bertz CT molecular complexity index is 339. The second-order valence-corrected chi connectivity index (χ2v) is 5.16. The van der Waals surface area contributed by atoms with E-state index in [9.17, 15) is 5.11 Å². The van der Waals surface area contributed by atoms with E-state index in [-0.39, 0.29) is 0 Å². The van der Waals surface area contributed by atoms with Crippen LogP contribution >= 0.6 is 0 Å². The van der Waals surface area contributed by atoms with Gasteiger partial charge in [-0.3, -0.25) is 4.90 Å². The molecule has 2 fully saturated rings. The number of aromatic nitrogens is 3. The number of nitrogens with zero attached hydrogens (tertiary/aromatic N) is 4. The summed E-state index contributed by atoms with van der Waals surface area (Å²) < 4.78 is 1.91. The molecule has 16 heavy (non-hydrogen) atoms. The van der Waals surface area contributed by atoms with Gasteiger partial charge in [0.15, 0.2) is 0 Å². The molecule has 1 N–H and O–H groups in total. The number of β-amino-alcohol motifs (C(OH)–C–C–N with tert-alkyl or cyclic N) is 1. The van der Waals surface area contributed by atoms with Gasteiger partial charge in [-0.25, -0.2) is 4.68 Å². The highest BCUT2D eigenvalue weighted by Crippen LogP contribution is 2.32. The first-order chi connectivity index (χ1) is 7.75. The van der Waals surface area contributed by atoms with Crippen LogP contribution in [0.3, 0.4) is 0 Å². The van der Waals surface area contributed by atoms with Gasteiger partial charge in [-0.15, -0.1) is 5.10 Å². The van der Waals surface area contributed by atoms with Crippen LogP contribution in [0, 0.1) is 0 Å². The van der Waals surface area contributed by atoms with Crippen LogP contribution in [0.2, 0.25) is 0 Å². The van der Waals surface area contributed by atoms with Crippen molar-refractivity contribution in [3.63, 3.8) is 0 Å². The number of hydrogen-bond acceptors (Lipinski definition) is 4. The molecule has 1 aliphatic carbocycles. The molecular formula is C11H18N4O. The lowest BCUT2D eigenvalue weighted by Gasteiger charge is -2.42. The fraction of sp³-hybridized carbons (Fsp3) is 0.818. The Morgan fingerprint density at radius 1 is 1.31 bits per heavy atom. The van der Waals surface area contributed by atoms with Crippen LogP contribution in [-0.4, -0.2) is 50.2 Å². The zero-order valence-electron chi connectivity index (χ0n) is 9.42. The van der Waals surface area contributed by atoms with E-state index in [1.807, 2.05) is 10.9 Å². The molecule has 0 aromatic carbocycles. The average molecular weight is 222 g/mol. The Hall–Kier alpha value is -0.940. The number of hydrogen-bond donors (Lipinski definition) is 1. The minimum absolute atomic E-state index is 0.409. The van der Waals surface area contributed by atoms with Crippen LogP contribution in [-0.2, 0) is 0 Å². The molecule has 2 heterocycles. The maximum atomic E-state index is 10.3. The van der Waals surface area contributed by atoms with E-state index in [1.165, 1.54) is 12.8 Å². The van der Waals surface area contributed by atoms with E-state index in [4.69, 9.17) is 0 Å². The predicted molar refractivity (Wildman–Crippen MR) is 58.9 cm³/mol. The predicted octanol–water partition coefficient (Wildman–Crippen LogP) is 0.440. The molecule has 1 aromatic heterocycles. The molecule has 0 radical (unpaired) electrons. The van der Waals surface area contributed by atoms with Crippen LogP contribution in [0.4, 0.5) is 0 Å². The van der Waals surface area contributed by atoms with Gasteiger partial charge in [-0.2, -0.15) is 0 Å². The van der Waals surface area contributed by atoms with E-state index < -0.39 is 5.60 Å². The van der Waals surface area contributed by atoms with Gasteiger partial charge in [0.1, 0.15) is 0 Å². The van der Waals surface area contributed by atoms with Gasteiger partial charge < -0.3 is 5.11 Å². The summed E-state index contributed by atoms with van der Waals surface area (Å²) in [6.45, 7) is 2.82. The average Bonchev–Trinajstić information content (AvgIpc) is 2.82. The summed E-state index contributed by atoms with van der Waals surface area (Å²) in [5, 5.41) is 18.1. The second-order valence-electron chi connectivity index (χ2n) is 5.16. The molecule has 1 aliphatic heterocycles. The van der Waals surface area contributed by atoms with Crippen molar-refractivity contribution in [1.82, 2.24) is 19.9 Å². The van der Waals surface area contributed by atoms with Crippen molar-refractivity contribution in [2.45, 2.75) is 37.3 Å². The zero-order valence-corrected chi connectivity index (χ0v) is 9.42. The van der Waals surface area contributed by atoms with Gasteiger partial charge in [-0.1, -0.05) is 18.1 Å². The molecule has 1 aromatic rings. The third-order valence-electron chi connectivity index (χ3n) is 3.81. The molecule has 0 spiro atoms. The first-order valence-electron chi connectivity index (χ1n) is 6.06. The third kappa shape index (κ3) is 1.85. The number of aliphatic hydroxyl groups is 1. The Balaban J connectivity index is 1.50. The lowest BCUT2D eigenvalue weighted by atomic mass is 9.98. The van der Waals surface area contributed by atoms with Crippen molar-refractivity contribution in [2.75, 3.05) is 19.6 Å². The lowest BCUT2D eigenvalue weighted by molar-refractivity contribution is -0.0259. The van der Waals surface area contributed by atoms with Crippen LogP contribution in [0.25, 0.3) is 0 Å². The van der Waals surface area contributed by atoms with E-state index in [1.54, 1.807) is 6.20 Å². The smallest absolute Gasteiger partial charge is 0.0790 e. The van der Waals surface area contributed by atoms with Gasteiger partial charge in [0, 0.05) is 25.8 Å². The third-order valence-corrected chi connectivity index (χ3v) is 3.81. The second kappa shape index (κ2) is 3.82. The molecule has 0 unspecified atom stereocenters. The molecule has 88 valence electrons. The molecule has 2 aliphatic rings. The molecular weight excluding hydrogens is 204 g/mol. The van der Waals surface area contributed by atoms with Gasteiger partial charge in [0.2, 0.25) is 0 Å². The molecule has 0 bridgehead atoms. The fourth-order valence-electron chi connectivity index (χ4n) is 2.86. The standard InChI is InChI=1S/C11H18N4O/c16-11(3-1-2-4-11)9-14-7-10(8-14)15-6-5-12-13-15/h5-6,10,16H,1-4,7-9H2. The van der Waals surface area contributed by atoms with E-state index >= 15 is 0 Å². The summed E-state index contributed by atoms with van der Waals surface area (Å²) in [5.41, 5.74) is -0.409. The van der Waals surface area contributed by atoms with E-state index in [2.05, 4.69) is 15.2 Å². The molecule has 3 rings (SSSR count). The fourth-order valence-corrected chi connectivity index (χ4v) is 2.86. The molecule has 5 heteroatoms. The summed E-state index contributed by atoms with van der Waals surface area (Å²) in [7, 11) is 0. The van der Waals surface area contributed by atoms with Gasteiger partial charge in [0.25, 0.3) is 0 Å². The summed E-state index contributed by atoms with van der Waals surface area (Å²) in [6, 6.07) is 0.451. The quantitative estimate of drug-likeness (QED) is 0.806. The minimum atomic E-state index is -0.409. The molecule has 1 saturated heterocycles. The summed E-state index contributed by atoms with van der Waals surface area (Å²) in [5.74, 6) is 0. The monoisotopic (exact) mass is 222 g/mol. The largest absolute Gasteiger partial charge is 0.389 e. The van der Waals surface area contributed by atoms with Crippen molar-refractivity contribution in [3.8, 4) is 0 Å². The molecule has 1 saturated carbocycles. The van der Waals surface area contributed by atoms with Crippen molar-refractivity contribution < 1.29 is 5.11 Å². The van der Waals surface area contributed by atoms with Crippen LogP contribution in [0.15, 0.2) is 12.4 Å². The number of likely N-dealkylation sites (tertiary alicyclic amines) is 1. The normalized spacial score (nSPS) is 25.8. The van der Waals surface area contributed by atoms with Gasteiger partial charge in [0.05, 0.1) is 17.8 Å². The van der Waals surface area contributed by atoms with Gasteiger partial charge in [-0.05, 0) is 12.8 Å². The highest BCUT2D eigenvalue weighted by Gasteiger charge is 2.38. The first-order valence-corrected chi connectivity index (χ1v) is 6.06. The van der Waals surface area contributed by atoms with Crippen molar-refractivity contribution in [2.24, 2.45) is 0 Å². The molecule has 5 nitrogen and oxygen atoms in total. The molecule has 0 amide bonds. The Morgan fingerprint density at radius 3 is 2.69 bits per heavy atom. The Labute approximate surface area is 95.1 Å². The van der Waals surface area contributed by atoms with Crippen LogP contribution in [0.1, 0.15) is 31.7 Å². The zero-order chi connectivity index (χ0) is 11.0. The van der Waals surface area contributed by atoms with Crippen LogP contribution in [0.5, 0.6) is 0 Å². The Kier molecular flexibility index (Phi) is 2.44. The van der Waals surface area contributed by atoms with Crippen molar-refractivity contribution >= 4 is 0 Å². The summed E-state index contributed by atoms with van der Waals surface area (Å²) >= 11 is 0. The maximum Gasteiger partial charge on any atom is 0.0790 e. The SMILES string of the molecule is OC1(CN2CC(n3ccnn3)C2)CCCC1. The number of rotatable bonds is 3. The first kappa shape index (κ1) is 10.2. The van der Waals surface area contributed by atoms with E-state index in [0.29, 0.717) is 6.04 Å². The molecule has 0 atom stereocenters. The topological polar surface area (TPSA) is 54.2 Å². The summed E-state index contributed by atoms with van der Waals surface area (Å²) in [6.07, 6.45) is 7.92. The van der Waals surface area contributed by atoms with Crippen molar-refractivity contribution in [1.29, 1.82) is 0 Å². The maximum absolute atomic E-state index is 10.3. The van der Waals surface area contributed by atoms with Crippen molar-refractivity contribution in [3.05, 3.63) is 12.4 Å². The van der Waals surface area contributed by atoms with Crippen LogP contribution < -0.4 is 0 Å². The van der Waals surface area contributed by atoms with Gasteiger partial charge >= 0.3 is 0 Å². The summed E-state index contributed by atoms with van der Waals surface area (Å²) in [4.78, 5) is 2.32. The van der Waals surface area contributed by atoms with E-state index in [0.717, 1.165) is 32.5 Å². The minimum Gasteiger partial charge on any atom is -0.389 e. The highest BCUT2D eigenvalue weighted by atomic mass is 16.3. The lowest BCUT2D eigenvalue weighted by Crippen LogP contribution is -2.53. The Morgan fingerprint density at radius 2 is 2.06 bits per heavy atom.